The average Bonchev–Trinajstić information content (AvgIpc) is 3.00. The molecule has 1 aliphatic rings. The van der Waals surface area contributed by atoms with Gasteiger partial charge in [-0.2, -0.15) is 5.10 Å². The summed E-state index contributed by atoms with van der Waals surface area (Å²) >= 11 is 0. The number of carbonyl (C=O) groups excluding carboxylic acids is 1. The van der Waals surface area contributed by atoms with Crippen molar-refractivity contribution in [2.75, 3.05) is 19.6 Å². The topological polar surface area (TPSA) is 94.1 Å². The normalized spacial score (nSPS) is 16.5. The number of aromatic amines is 1. The number of hydrogen-bond donors (Lipinski definition) is 3. The number of aromatic nitrogens is 3. The first-order chi connectivity index (χ1) is 13.2. The molecule has 1 aromatic carbocycles. The van der Waals surface area contributed by atoms with Gasteiger partial charge in [0.25, 0.3) is 5.91 Å². The average molecular weight is 383 g/mol. The predicted octanol–water partition coefficient (Wildman–Crippen LogP) is 2.60. The summed E-state index contributed by atoms with van der Waals surface area (Å²) in [6.07, 6.45) is 0. The number of H-pyrrole nitrogens is 1. The van der Waals surface area contributed by atoms with E-state index in [9.17, 15) is 14.3 Å². The van der Waals surface area contributed by atoms with Gasteiger partial charge in [-0.05, 0) is 39.0 Å². The zero-order chi connectivity index (χ0) is 20.1. The van der Waals surface area contributed by atoms with Crippen molar-refractivity contribution in [3.63, 3.8) is 0 Å². The monoisotopic (exact) mass is 383 g/mol. The molecule has 0 radical (unpaired) electrons. The lowest BCUT2D eigenvalue weighted by molar-refractivity contribution is 0.0654. The van der Waals surface area contributed by atoms with Gasteiger partial charge in [-0.15, -0.1) is 0 Å². The van der Waals surface area contributed by atoms with E-state index in [-0.39, 0.29) is 22.8 Å². The lowest BCUT2D eigenvalue weighted by Crippen LogP contribution is -2.58. The Morgan fingerprint density at radius 2 is 2.11 bits per heavy atom. The minimum atomic E-state index is -0.610. The van der Waals surface area contributed by atoms with E-state index in [4.69, 9.17) is 0 Å². The highest BCUT2D eigenvalue weighted by Crippen LogP contribution is 2.30. The molecule has 0 saturated carbocycles. The summed E-state index contributed by atoms with van der Waals surface area (Å²) in [5, 5.41) is 20.6. The zero-order valence-electron chi connectivity index (χ0n) is 16.0. The number of nitrogens with zero attached hydrogens (tertiary/aromatic N) is 3. The molecule has 0 spiro atoms. The van der Waals surface area contributed by atoms with Crippen molar-refractivity contribution < 1.29 is 14.3 Å². The Labute approximate surface area is 161 Å². The van der Waals surface area contributed by atoms with Crippen molar-refractivity contribution in [1.29, 1.82) is 0 Å². The molecule has 8 heteroatoms. The first kappa shape index (κ1) is 18.4. The Hall–Kier alpha value is -3.00. The van der Waals surface area contributed by atoms with Crippen LogP contribution in [0.1, 0.15) is 29.9 Å². The van der Waals surface area contributed by atoms with Gasteiger partial charge in [-0.3, -0.25) is 9.89 Å². The van der Waals surface area contributed by atoms with E-state index in [1.165, 1.54) is 12.1 Å². The molecule has 28 heavy (non-hydrogen) atoms. The molecule has 2 aromatic heterocycles. The van der Waals surface area contributed by atoms with Crippen LogP contribution in [0.5, 0.6) is 5.75 Å². The highest BCUT2D eigenvalue weighted by Gasteiger charge is 2.31. The third-order valence-electron chi connectivity index (χ3n) is 5.02. The molecule has 3 aromatic rings. The zero-order valence-corrected chi connectivity index (χ0v) is 16.0. The number of phenolic OH excluding ortho intramolecular Hbond substituents is 1. The summed E-state index contributed by atoms with van der Waals surface area (Å²) < 4.78 is 14.4. The van der Waals surface area contributed by atoms with Gasteiger partial charge in [0, 0.05) is 42.5 Å². The number of rotatable bonds is 2. The molecular formula is C20H22FN5O2. The van der Waals surface area contributed by atoms with E-state index in [0.29, 0.717) is 41.9 Å². The first-order valence-electron chi connectivity index (χ1n) is 9.14. The molecule has 0 aliphatic carbocycles. The molecule has 3 N–H and O–H groups in total. The maximum Gasteiger partial charge on any atom is 0.254 e. The van der Waals surface area contributed by atoms with E-state index < -0.39 is 5.82 Å². The summed E-state index contributed by atoms with van der Waals surface area (Å²) in [6, 6.07) is 5.47. The van der Waals surface area contributed by atoms with Crippen LogP contribution < -0.4 is 5.32 Å². The molecule has 0 unspecified atom stereocenters. The van der Waals surface area contributed by atoms with Gasteiger partial charge in [0.1, 0.15) is 11.6 Å². The number of pyridine rings is 1. The molecule has 146 valence electrons. The van der Waals surface area contributed by atoms with Crippen molar-refractivity contribution in [3.05, 3.63) is 41.3 Å². The maximum atomic E-state index is 14.4. The lowest BCUT2D eigenvalue weighted by atomic mass is 10.00. The van der Waals surface area contributed by atoms with E-state index in [0.717, 1.165) is 11.8 Å². The second kappa shape index (κ2) is 6.56. The van der Waals surface area contributed by atoms with Crippen LogP contribution in [-0.2, 0) is 0 Å². The van der Waals surface area contributed by atoms with E-state index in [2.05, 4.69) is 34.3 Å². The molecule has 1 saturated heterocycles. The van der Waals surface area contributed by atoms with Crippen LogP contribution >= 0.6 is 0 Å². The number of aryl methyl sites for hydroxylation is 1. The third-order valence-corrected chi connectivity index (χ3v) is 5.02. The van der Waals surface area contributed by atoms with Crippen molar-refractivity contribution in [2.24, 2.45) is 0 Å². The first-order valence-corrected chi connectivity index (χ1v) is 9.14. The fourth-order valence-electron chi connectivity index (χ4n) is 3.68. The maximum absolute atomic E-state index is 14.4. The standard InChI is InChI=1S/C20H22FN5O2/c1-11-17-14(19(28)26-7-6-22-20(2,3)10-26)9-16(23-18(17)25-24-11)13-5-4-12(27)8-15(13)21/h4-5,8-9,22,27H,6-7,10H2,1-3H3,(H,23,24,25). The third kappa shape index (κ3) is 3.20. The van der Waals surface area contributed by atoms with Crippen molar-refractivity contribution in [2.45, 2.75) is 26.3 Å². The number of aromatic hydroxyl groups is 1. The van der Waals surface area contributed by atoms with Crippen LogP contribution in [0.2, 0.25) is 0 Å². The molecule has 4 rings (SSSR count). The number of benzene rings is 1. The Morgan fingerprint density at radius 3 is 2.82 bits per heavy atom. The Balaban J connectivity index is 1.85. The van der Waals surface area contributed by atoms with Crippen LogP contribution in [-0.4, -0.2) is 56.3 Å². The number of amides is 1. The summed E-state index contributed by atoms with van der Waals surface area (Å²) in [7, 11) is 0. The minimum Gasteiger partial charge on any atom is -0.508 e. The smallest absolute Gasteiger partial charge is 0.254 e. The summed E-state index contributed by atoms with van der Waals surface area (Å²) in [6.45, 7) is 7.79. The van der Waals surface area contributed by atoms with Crippen molar-refractivity contribution >= 4 is 16.9 Å². The number of fused-ring (bicyclic) bond motifs is 1. The number of nitrogens with one attached hydrogen (secondary N) is 2. The van der Waals surface area contributed by atoms with Gasteiger partial charge < -0.3 is 15.3 Å². The van der Waals surface area contributed by atoms with Gasteiger partial charge in [-0.1, -0.05) is 0 Å². The van der Waals surface area contributed by atoms with Crippen LogP contribution in [0.15, 0.2) is 24.3 Å². The SMILES string of the molecule is Cc1[nH]nc2nc(-c3ccc(O)cc3F)cc(C(=O)N3CCNC(C)(C)C3)c12. The molecule has 3 heterocycles. The quantitative estimate of drug-likeness (QED) is 0.632. The number of hydrogen-bond acceptors (Lipinski definition) is 5. The highest BCUT2D eigenvalue weighted by molar-refractivity contribution is 6.07. The molecule has 0 bridgehead atoms. The van der Waals surface area contributed by atoms with Gasteiger partial charge in [0.2, 0.25) is 0 Å². The Morgan fingerprint density at radius 1 is 1.32 bits per heavy atom. The molecule has 1 aliphatic heterocycles. The van der Waals surface area contributed by atoms with Gasteiger partial charge >= 0.3 is 0 Å². The molecular weight excluding hydrogens is 361 g/mol. The molecule has 1 fully saturated rings. The van der Waals surface area contributed by atoms with Gasteiger partial charge in [0.05, 0.1) is 16.6 Å². The van der Waals surface area contributed by atoms with Crippen molar-refractivity contribution in [1.82, 2.24) is 25.4 Å². The highest BCUT2D eigenvalue weighted by atomic mass is 19.1. The second-order valence-electron chi connectivity index (χ2n) is 7.80. The lowest BCUT2D eigenvalue weighted by Gasteiger charge is -2.39. The number of halogens is 1. The van der Waals surface area contributed by atoms with Crippen LogP contribution in [0, 0.1) is 12.7 Å². The number of carbonyl (C=O) groups is 1. The number of phenols is 1. The molecule has 1 amide bonds. The summed E-state index contributed by atoms with van der Waals surface area (Å²) in [4.78, 5) is 19.6. The Kier molecular flexibility index (Phi) is 4.30. The fraction of sp³-hybridized carbons (Fsp3) is 0.350. The van der Waals surface area contributed by atoms with Crippen LogP contribution in [0.3, 0.4) is 0 Å². The predicted molar refractivity (Wildman–Crippen MR) is 104 cm³/mol. The van der Waals surface area contributed by atoms with Gasteiger partial charge in [0.15, 0.2) is 5.65 Å². The summed E-state index contributed by atoms with van der Waals surface area (Å²) in [5.74, 6) is -0.912. The largest absolute Gasteiger partial charge is 0.508 e. The van der Waals surface area contributed by atoms with E-state index in [1.807, 2.05) is 6.92 Å². The number of piperazine rings is 1. The van der Waals surface area contributed by atoms with Crippen LogP contribution in [0.4, 0.5) is 4.39 Å². The summed E-state index contributed by atoms with van der Waals surface area (Å²) in [5.41, 5.74) is 1.86. The van der Waals surface area contributed by atoms with Crippen molar-refractivity contribution in [3.8, 4) is 17.0 Å². The van der Waals surface area contributed by atoms with Gasteiger partial charge in [-0.25, -0.2) is 9.37 Å². The minimum absolute atomic E-state index is 0.132. The molecule has 0 atom stereocenters. The molecule has 7 nitrogen and oxygen atoms in total. The van der Waals surface area contributed by atoms with E-state index >= 15 is 0 Å². The van der Waals surface area contributed by atoms with Crippen LogP contribution in [0.25, 0.3) is 22.3 Å². The Bertz CT molecular complexity index is 1080. The van der Waals surface area contributed by atoms with E-state index in [1.54, 1.807) is 11.0 Å². The second-order valence-corrected chi connectivity index (χ2v) is 7.80. The fourth-order valence-corrected chi connectivity index (χ4v) is 3.68.